The number of rotatable bonds is 15. The summed E-state index contributed by atoms with van der Waals surface area (Å²) in [5.74, 6) is -1.11. The molecular formula is C29H47Cl2N5O6. The number of benzene rings is 1. The van der Waals surface area contributed by atoms with Crippen molar-refractivity contribution in [1.82, 2.24) is 21.3 Å². The molecule has 13 heteroatoms. The van der Waals surface area contributed by atoms with E-state index in [0.29, 0.717) is 23.3 Å². The maximum absolute atomic E-state index is 13.2. The Morgan fingerprint density at radius 2 is 1.50 bits per heavy atom. The van der Waals surface area contributed by atoms with Crippen LogP contribution in [0.3, 0.4) is 0 Å². The highest BCUT2D eigenvalue weighted by Gasteiger charge is 2.26. The number of halogens is 2. The highest BCUT2D eigenvalue weighted by Crippen LogP contribution is 2.27. The summed E-state index contributed by atoms with van der Waals surface area (Å²) in [5.41, 5.74) is 0.410. The lowest BCUT2D eigenvalue weighted by Gasteiger charge is -2.27. The number of carbonyl (C=O) groups is 4. The van der Waals surface area contributed by atoms with Crippen molar-refractivity contribution in [2.75, 3.05) is 45.2 Å². The van der Waals surface area contributed by atoms with Crippen LogP contribution in [0.1, 0.15) is 57.8 Å². The van der Waals surface area contributed by atoms with Crippen LogP contribution in [-0.2, 0) is 19.2 Å². The molecule has 1 aromatic carbocycles. The number of nitrogens with one attached hydrogen (secondary N) is 5. The van der Waals surface area contributed by atoms with Crippen molar-refractivity contribution >= 4 is 54.2 Å². The number of carbonyl (C=O) groups excluding carboxylic acids is 3. The van der Waals surface area contributed by atoms with Crippen molar-refractivity contribution in [3.05, 3.63) is 24.3 Å². The molecule has 0 saturated carbocycles. The SMILES string of the molecule is COc1cccc(NC(=O)[C@H](CC(=O)O)NC(=O)CNC(=O)C(CCC2CCNCC2)CCC2CCNCC2)c1.Cl.Cl. The number of carboxylic acid groups (broad SMARTS) is 1. The minimum absolute atomic E-state index is 0. The van der Waals surface area contributed by atoms with Gasteiger partial charge in [-0.25, -0.2) is 0 Å². The van der Waals surface area contributed by atoms with Crippen LogP contribution in [-0.4, -0.2) is 74.7 Å². The average molecular weight is 633 g/mol. The quantitative estimate of drug-likeness (QED) is 0.172. The van der Waals surface area contributed by atoms with Crippen LogP contribution in [0.4, 0.5) is 5.69 Å². The van der Waals surface area contributed by atoms with Gasteiger partial charge in [0.15, 0.2) is 0 Å². The topological polar surface area (TPSA) is 158 Å². The van der Waals surface area contributed by atoms with Crippen molar-refractivity contribution in [1.29, 1.82) is 0 Å². The zero-order valence-electron chi connectivity index (χ0n) is 24.3. The van der Waals surface area contributed by atoms with Gasteiger partial charge in [-0.05, 0) is 102 Å². The molecular weight excluding hydrogens is 585 g/mol. The summed E-state index contributed by atoms with van der Waals surface area (Å²) in [6, 6.07) is 5.31. The predicted octanol–water partition coefficient (Wildman–Crippen LogP) is 2.73. The lowest BCUT2D eigenvalue weighted by atomic mass is 9.84. The predicted molar refractivity (Wildman–Crippen MR) is 166 cm³/mol. The molecule has 3 amide bonds. The van der Waals surface area contributed by atoms with Crippen LogP contribution in [0.2, 0.25) is 0 Å². The van der Waals surface area contributed by atoms with Crippen LogP contribution >= 0.6 is 24.8 Å². The Morgan fingerprint density at radius 3 is 2.02 bits per heavy atom. The first-order chi connectivity index (χ1) is 19.3. The lowest BCUT2D eigenvalue weighted by Crippen LogP contribution is -2.49. The van der Waals surface area contributed by atoms with Gasteiger partial charge in [0, 0.05) is 17.7 Å². The van der Waals surface area contributed by atoms with E-state index >= 15 is 0 Å². The summed E-state index contributed by atoms with van der Waals surface area (Å²) in [6.07, 6.45) is 7.43. The summed E-state index contributed by atoms with van der Waals surface area (Å²) in [7, 11) is 1.49. The Labute approximate surface area is 260 Å². The van der Waals surface area contributed by atoms with Gasteiger partial charge in [0.25, 0.3) is 0 Å². The maximum atomic E-state index is 13.2. The largest absolute Gasteiger partial charge is 0.497 e. The number of ether oxygens (including phenoxy) is 1. The van der Waals surface area contributed by atoms with Crippen molar-refractivity contribution in [3.63, 3.8) is 0 Å². The molecule has 1 aromatic rings. The number of hydrogen-bond acceptors (Lipinski definition) is 7. The number of methoxy groups -OCH3 is 1. The number of piperidine rings is 2. The summed E-state index contributed by atoms with van der Waals surface area (Å²) < 4.78 is 5.14. The van der Waals surface area contributed by atoms with Crippen molar-refractivity contribution in [2.24, 2.45) is 17.8 Å². The number of anilines is 1. The smallest absolute Gasteiger partial charge is 0.305 e. The molecule has 42 heavy (non-hydrogen) atoms. The molecule has 0 unspecified atom stereocenters. The lowest BCUT2D eigenvalue weighted by molar-refractivity contribution is -0.140. The summed E-state index contributed by atoms with van der Waals surface area (Å²) in [4.78, 5) is 50.0. The van der Waals surface area contributed by atoms with E-state index in [4.69, 9.17) is 4.74 Å². The van der Waals surface area contributed by atoms with E-state index in [1.807, 2.05) is 0 Å². The molecule has 0 radical (unpaired) electrons. The Balaban J connectivity index is 0.00000441. The number of amides is 3. The minimum atomic E-state index is -1.30. The van der Waals surface area contributed by atoms with Gasteiger partial charge in [-0.3, -0.25) is 19.2 Å². The van der Waals surface area contributed by atoms with Gasteiger partial charge in [0.1, 0.15) is 11.8 Å². The van der Waals surface area contributed by atoms with E-state index in [2.05, 4.69) is 26.6 Å². The molecule has 3 rings (SSSR count). The number of aliphatic carboxylic acids is 1. The Bertz CT molecular complexity index is 967. The third kappa shape index (κ3) is 13.6. The molecule has 0 aliphatic carbocycles. The second-order valence-corrected chi connectivity index (χ2v) is 10.9. The highest BCUT2D eigenvalue weighted by atomic mass is 35.5. The van der Waals surface area contributed by atoms with Crippen LogP contribution in [0.5, 0.6) is 5.75 Å². The van der Waals surface area contributed by atoms with Crippen molar-refractivity contribution in [2.45, 2.75) is 63.8 Å². The Hall–Kier alpha value is -2.60. The normalized spacial score (nSPS) is 16.3. The third-order valence-electron chi connectivity index (χ3n) is 7.93. The fourth-order valence-electron chi connectivity index (χ4n) is 5.49. The van der Waals surface area contributed by atoms with E-state index in [9.17, 15) is 24.3 Å². The number of hydrogen-bond donors (Lipinski definition) is 6. The van der Waals surface area contributed by atoms with Gasteiger partial charge in [0.2, 0.25) is 17.7 Å². The molecule has 0 spiro atoms. The van der Waals surface area contributed by atoms with Crippen LogP contribution < -0.4 is 31.3 Å². The minimum Gasteiger partial charge on any atom is -0.497 e. The Morgan fingerprint density at radius 1 is 0.929 bits per heavy atom. The molecule has 2 aliphatic heterocycles. The molecule has 1 atom stereocenters. The van der Waals surface area contributed by atoms with Crippen LogP contribution in [0.15, 0.2) is 24.3 Å². The fraction of sp³-hybridized carbons (Fsp3) is 0.655. The molecule has 2 aliphatic rings. The standard InChI is InChI=1S/C29H45N5O6.2ClH/c1-40-24-4-2-3-23(17-24)33-29(39)25(18-27(36)37)34-26(35)19-32-28(38)22(7-5-20-9-13-30-14-10-20)8-6-21-11-15-31-16-12-21;;/h2-4,17,20-22,25,30-31H,5-16,18-19H2,1H3,(H,32,38)(H,33,39)(H,34,35)(H,36,37);2*1H/t25-;;/m0../s1. The van der Waals surface area contributed by atoms with E-state index < -0.39 is 30.2 Å². The second-order valence-electron chi connectivity index (χ2n) is 10.9. The van der Waals surface area contributed by atoms with E-state index in [1.165, 1.54) is 7.11 Å². The first-order valence-electron chi connectivity index (χ1n) is 14.5. The summed E-state index contributed by atoms with van der Waals surface area (Å²) >= 11 is 0. The second kappa shape index (κ2) is 20.3. The zero-order valence-corrected chi connectivity index (χ0v) is 26.0. The van der Waals surface area contributed by atoms with Crippen LogP contribution in [0, 0.1) is 17.8 Å². The number of carboxylic acids is 1. The van der Waals surface area contributed by atoms with Gasteiger partial charge >= 0.3 is 5.97 Å². The molecule has 238 valence electrons. The first kappa shape index (κ1) is 37.4. The van der Waals surface area contributed by atoms with Gasteiger partial charge in [-0.2, -0.15) is 0 Å². The maximum Gasteiger partial charge on any atom is 0.305 e. The van der Waals surface area contributed by atoms with Gasteiger partial charge in [-0.1, -0.05) is 6.07 Å². The molecule has 2 heterocycles. The van der Waals surface area contributed by atoms with Gasteiger partial charge in [-0.15, -0.1) is 24.8 Å². The Kier molecular flexibility index (Phi) is 18.1. The van der Waals surface area contributed by atoms with Gasteiger partial charge in [0.05, 0.1) is 20.1 Å². The average Bonchev–Trinajstić information content (AvgIpc) is 2.96. The summed E-state index contributed by atoms with van der Waals surface area (Å²) in [6.45, 7) is 3.73. The van der Waals surface area contributed by atoms with E-state index in [1.54, 1.807) is 24.3 Å². The molecule has 6 N–H and O–H groups in total. The molecule has 2 fully saturated rings. The van der Waals surface area contributed by atoms with Gasteiger partial charge < -0.3 is 36.4 Å². The van der Waals surface area contributed by atoms with Crippen LogP contribution in [0.25, 0.3) is 0 Å². The fourth-order valence-corrected chi connectivity index (χ4v) is 5.49. The van der Waals surface area contributed by atoms with E-state index in [0.717, 1.165) is 77.5 Å². The van der Waals surface area contributed by atoms with E-state index in [-0.39, 0.29) is 43.2 Å². The molecule has 0 aromatic heterocycles. The molecule has 11 nitrogen and oxygen atoms in total. The van der Waals surface area contributed by atoms with Crippen molar-refractivity contribution in [3.8, 4) is 5.75 Å². The highest BCUT2D eigenvalue weighted by molar-refractivity contribution is 5.99. The van der Waals surface area contributed by atoms with Crippen molar-refractivity contribution < 1.29 is 29.0 Å². The molecule has 0 bridgehead atoms. The molecule has 2 saturated heterocycles. The zero-order chi connectivity index (χ0) is 28.7. The monoisotopic (exact) mass is 631 g/mol. The first-order valence-corrected chi connectivity index (χ1v) is 14.5. The third-order valence-corrected chi connectivity index (χ3v) is 7.93. The summed E-state index contributed by atoms with van der Waals surface area (Å²) in [5, 5.41) is 23.9.